The minimum absolute atomic E-state index is 0.795. The molecule has 1 rings (SSSR count). The zero-order chi connectivity index (χ0) is 14.8. The molecule has 0 aliphatic carbocycles. The fourth-order valence-corrected chi connectivity index (χ4v) is 1.87. The SMILES string of the molecule is C=C/C=C\C(=C/C)CNc1ccc(=C/C)/c(=C\C=C)c1. The molecule has 0 spiro atoms. The fraction of sp³-hybridized carbons (Fsp3) is 0.158. The minimum atomic E-state index is 0.795. The van der Waals surface area contributed by atoms with Crippen LogP contribution in [-0.2, 0) is 0 Å². The zero-order valence-corrected chi connectivity index (χ0v) is 12.4. The molecular weight excluding hydrogens is 242 g/mol. The van der Waals surface area contributed by atoms with Crippen LogP contribution in [0.5, 0.6) is 0 Å². The predicted octanol–water partition coefficient (Wildman–Crippen LogP) is 3.55. The maximum Gasteiger partial charge on any atom is 0.0397 e. The predicted molar refractivity (Wildman–Crippen MR) is 92.1 cm³/mol. The van der Waals surface area contributed by atoms with Crippen LogP contribution in [0.15, 0.2) is 67.3 Å². The maximum absolute atomic E-state index is 3.76. The minimum Gasteiger partial charge on any atom is -0.381 e. The molecule has 0 bridgehead atoms. The largest absolute Gasteiger partial charge is 0.381 e. The number of benzene rings is 1. The number of hydrogen-bond donors (Lipinski definition) is 1. The maximum atomic E-state index is 3.76. The average Bonchev–Trinajstić information content (AvgIpc) is 2.48. The molecule has 0 aliphatic heterocycles. The van der Waals surface area contributed by atoms with Crippen LogP contribution in [0, 0.1) is 0 Å². The van der Waals surface area contributed by atoms with Crippen molar-refractivity contribution in [2.75, 3.05) is 11.9 Å². The van der Waals surface area contributed by atoms with Crippen LogP contribution in [-0.4, -0.2) is 6.54 Å². The van der Waals surface area contributed by atoms with Gasteiger partial charge in [-0.25, -0.2) is 0 Å². The van der Waals surface area contributed by atoms with Gasteiger partial charge in [0, 0.05) is 12.2 Å². The van der Waals surface area contributed by atoms with Crippen molar-refractivity contribution in [3.05, 3.63) is 77.7 Å². The quantitative estimate of drug-likeness (QED) is 0.776. The van der Waals surface area contributed by atoms with Gasteiger partial charge >= 0.3 is 0 Å². The molecule has 1 N–H and O–H groups in total. The topological polar surface area (TPSA) is 12.0 Å². The lowest BCUT2D eigenvalue weighted by Crippen LogP contribution is -2.24. The standard InChI is InChI=1S/C19H23N/c1-5-9-11-16(7-3)15-20-19-13-12-17(8-4)18(14-19)10-6-2/h5-14,20H,1-2,15H2,3-4H3/b11-9-,16-7+,17-8-,18-10-. The van der Waals surface area contributed by atoms with E-state index >= 15 is 0 Å². The first kappa shape index (κ1) is 15.8. The lowest BCUT2D eigenvalue weighted by Gasteiger charge is -2.07. The summed E-state index contributed by atoms with van der Waals surface area (Å²) in [6.07, 6.45) is 13.8. The second kappa shape index (κ2) is 8.76. The Kier molecular flexibility index (Phi) is 6.91. The normalized spacial score (nSPS) is 13.8. The highest BCUT2D eigenvalue weighted by atomic mass is 14.9. The summed E-state index contributed by atoms with van der Waals surface area (Å²) in [4.78, 5) is 0. The first-order chi connectivity index (χ1) is 9.74. The monoisotopic (exact) mass is 265 g/mol. The van der Waals surface area contributed by atoms with E-state index in [1.54, 1.807) is 6.08 Å². The van der Waals surface area contributed by atoms with E-state index in [0.29, 0.717) is 0 Å². The summed E-state index contributed by atoms with van der Waals surface area (Å²) < 4.78 is 0. The Labute approximate surface area is 122 Å². The van der Waals surface area contributed by atoms with E-state index in [-0.39, 0.29) is 0 Å². The highest BCUT2D eigenvalue weighted by Gasteiger charge is 1.94. The van der Waals surface area contributed by atoms with Gasteiger partial charge in [0.1, 0.15) is 0 Å². The molecule has 0 atom stereocenters. The van der Waals surface area contributed by atoms with Gasteiger partial charge in [0.15, 0.2) is 0 Å². The molecule has 0 fully saturated rings. The van der Waals surface area contributed by atoms with E-state index in [1.165, 1.54) is 16.0 Å². The molecule has 1 nitrogen and oxygen atoms in total. The highest BCUT2D eigenvalue weighted by molar-refractivity contribution is 5.50. The van der Waals surface area contributed by atoms with Crippen LogP contribution < -0.4 is 15.8 Å². The summed E-state index contributed by atoms with van der Waals surface area (Å²) in [7, 11) is 0. The summed E-state index contributed by atoms with van der Waals surface area (Å²) in [5, 5.41) is 5.83. The van der Waals surface area contributed by atoms with Gasteiger partial charge in [-0.15, -0.1) is 0 Å². The average molecular weight is 265 g/mol. The molecule has 0 saturated heterocycles. The molecule has 1 aromatic rings. The molecule has 0 aromatic heterocycles. The van der Waals surface area contributed by atoms with Gasteiger partial charge in [0.2, 0.25) is 0 Å². The van der Waals surface area contributed by atoms with Crippen LogP contribution in [0.2, 0.25) is 0 Å². The van der Waals surface area contributed by atoms with E-state index in [9.17, 15) is 0 Å². The van der Waals surface area contributed by atoms with Crippen molar-refractivity contribution in [3.63, 3.8) is 0 Å². The Morgan fingerprint density at radius 1 is 1.15 bits per heavy atom. The first-order valence-corrected chi connectivity index (χ1v) is 6.82. The van der Waals surface area contributed by atoms with E-state index in [1.807, 2.05) is 32.1 Å². The van der Waals surface area contributed by atoms with Crippen molar-refractivity contribution in [2.24, 2.45) is 0 Å². The van der Waals surface area contributed by atoms with Gasteiger partial charge < -0.3 is 5.32 Å². The lowest BCUT2D eigenvalue weighted by atomic mass is 10.2. The third-order valence-electron chi connectivity index (χ3n) is 3.01. The highest BCUT2D eigenvalue weighted by Crippen LogP contribution is 2.04. The van der Waals surface area contributed by atoms with Gasteiger partial charge in [-0.3, -0.25) is 0 Å². The van der Waals surface area contributed by atoms with E-state index in [2.05, 4.69) is 54.9 Å². The molecule has 0 amide bonds. The van der Waals surface area contributed by atoms with E-state index in [0.717, 1.165) is 12.2 Å². The smallest absolute Gasteiger partial charge is 0.0397 e. The number of hydrogen-bond acceptors (Lipinski definition) is 1. The summed E-state index contributed by atoms with van der Waals surface area (Å²) >= 11 is 0. The molecule has 0 saturated carbocycles. The summed E-state index contributed by atoms with van der Waals surface area (Å²) in [6, 6.07) is 6.36. The Morgan fingerprint density at radius 2 is 1.95 bits per heavy atom. The lowest BCUT2D eigenvalue weighted by molar-refractivity contribution is 1.24. The Hall–Kier alpha value is -2.28. The van der Waals surface area contributed by atoms with Crippen LogP contribution in [0.3, 0.4) is 0 Å². The van der Waals surface area contributed by atoms with Crippen LogP contribution >= 0.6 is 0 Å². The Morgan fingerprint density at radius 3 is 2.55 bits per heavy atom. The summed E-state index contributed by atoms with van der Waals surface area (Å²) in [5.74, 6) is 0. The van der Waals surface area contributed by atoms with Gasteiger partial charge in [0.05, 0.1) is 0 Å². The van der Waals surface area contributed by atoms with Crippen LogP contribution in [0.4, 0.5) is 5.69 Å². The van der Waals surface area contributed by atoms with Gasteiger partial charge in [-0.05, 0) is 42.0 Å². The molecule has 0 unspecified atom stereocenters. The first-order valence-electron chi connectivity index (χ1n) is 6.82. The Balaban J connectivity index is 2.92. The van der Waals surface area contributed by atoms with Crippen LogP contribution in [0.1, 0.15) is 13.8 Å². The Bertz CT molecular complexity index is 630. The molecule has 1 aromatic carbocycles. The molecule has 0 aliphatic rings. The molecule has 0 radical (unpaired) electrons. The van der Waals surface area contributed by atoms with Crippen LogP contribution in [0.25, 0.3) is 12.2 Å². The number of nitrogens with one attached hydrogen (secondary N) is 1. The molecule has 1 heteroatoms. The van der Waals surface area contributed by atoms with Gasteiger partial charge in [-0.1, -0.05) is 61.8 Å². The van der Waals surface area contributed by atoms with E-state index in [4.69, 9.17) is 0 Å². The summed E-state index contributed by atoms with van der Waals surface area (Å²) in [5.41, 5.74) is 2.33. The fourth-order valence-electron chi connectivity index (χ4n) is 1.87. The number of rotatable bonds is 6. The van der Waals surface area contributed by atoms with Gasteiger partial charge in [0.25, 0.3) is 0 Å². The second-order valence-electron chi connectivity index (χ2n) is 4.35. The number of anilines is 1. The van der Waals surface area contributed by atoms with Crippen molar-refractivity contribution in [1.82, 2.24) is 0 Å². The van der Waals surface area contributed by atoms with Crippen molar-refractivity contribution < 1.29 is 0 Å². The molecule has 104 valence electrons. The van der Waals surface area contributed by atoms with Gasteiger partial charge in [-0.2, -0.15) is 0 Å². The molecule has 0 heterocycles. The second-order valence-corrected chi connectivity index (χ2v) is 4.35. The van der Waals surface area contributed by atoms with E-state index < -0.39 is 0 Å². The molecular formula is C19H23N. The number of allylic oxidation sites excluding steroid dienone is 4. The van der Waals surface area contributed by atoms with Crippen molar-refractivity contribution >= 4 is 17.8 Å². The third-order valence-corrected chi connectivity index (χ3v) is 3.01. The van der Waals surface area contributed by atoms with Crippen molar-refractivity contribution in [1.29, 1.82) is 0 Å². The summed E-state index contributed by atoms with van der Waals surface area (Å²) in [6.45, 7) is 12.3. The third kappa shape index (κ3) is 4.77. The molecule has 20 heavy (non-hydrogen) atoms. The zero-order valence-electron chi connectivity index (χ0n) is 12.4. The van der Waals surface area contributed by atoms with Crippen molar-refractivity contribution in [2.45, 2.75) is 13.8 Å². The van der Waals surface area contributed by atoms with Crippen molar-refractivity contribution in [3.8, 4) is 0 Å².